The van der Waals surface area contributed by atoms with Gasteiger partial charge in [0.25, 0.3) is 0 Å². The molecule has 3 aromatic rings. The van der Waals surface area contributed by atoms with Crippen molar-refractivity contribution in [1.29, 1.82) is 0 Å². The summed E-state index contributed by atoms with van der Waals surface area (Å²) in [5.74, 6) is -0.956. The number of esters is 1. The van der Waals surface area contributed by atoms with E-state index in [1.165, 1.54) is 42.5 Å². The third-order valence-electron chi connectivity index (χ3n) is 3.67. The van der Waals surface area contributed by atoms with Crippen molar-refractivity contribution in [3.8, 4) is 0 Å². The first-order valence-corrected chi connectivity index (χ1v) is 7.82. The summed E-state index contributed by atoms with van der Waals surface area (Å²) in [6, 6.07) is 10.7. The summed E-state index contributed by atoms with van der Waals surface area (Å²) in [7, 11) is 0. The van der Waals surface area contributed by atoms with Crippen LogP contribution in [0.2, 0.25) is 0 Å². The molecule has 0 saturated heterocycles. The highest BCUT2D eigenvalue weighted by molar-refractivity contribution is 5.94. The molecule has 1 heterocycles. The molecule has 0 fully saturated rings. The number of carbonyl (C=O) groups is 1. The fraction of sp³-hybridized carbons (Fsp3) is 0.100. The summed E-state index contributed by atoms with van der Waals surface area (Å²) in [4.78, 5) is 16.6. The normalized spacial score (nSPS) is 11.5. The van der Waals surface area contributed by atoms with Crippen molar-refractivity contribution in [2.24, 2.45) is 0 Å². The second-order valence-corrected chi connectivity index (χ2v) is 5.61. The highest BCUT2D eigenvalue weighted by atomic mass is 19.1. The Kier molecular flexibility index (Phi) is 4.93. The van der Waals surface area contributed by atoms with Gasteiger partial charge in [0.15, 0.2) is 0 Å². The predicted molar refractivity (Wildman–Crippen MR) is 92.1 cm³/mol. The number of benzene rings is 2. The van der Waals surface area contributed by atoms with Gasteiger partial charge in [0.1, 0.15) is 23.2 Å². The van der Waals surface area contributed by atoms with Crippen molar-refractivity contribution in [1.82, 2.24) is 4.98 Å². The maximum Gasteiger partial charge on any atom is 0.343 e. The van der Waals surface area contributed by atoms with Gasteiger partial charge in [0, 0.05) is 11.6 Å². The Labute approximate surface area is 148 Å². The van der Waals surface area contributed by atoms with E-state index in [1.54, 1.807) is 19.9 Å². The quantitative estimate of drug-likeness (QED) is 0.492. The van der Waals surface area contributed by atoms with E-state index in [0.717, 1.165) is 6.07 Å². The van der Waals surface area contributed by atoms with Crippen LogP contribution in [0.25, 0.3) is 11.8 Å². The van der Waals surface area contributed by atoms with Crippen LogP contribution in [0.4, 0.5) is 8.78 Å². The van der Waals surface area contributed by atoms with Crippen LogP contribution in [0.3, 0.4) is 0 Å². The Morgan fingerprint density at radius 2 is 1.65 bits per heavy atom. The highest BCUT2D eigenvalue weighted by Gasteiger charge is 2.15. The van der Waals surface area contributed by atoms with Crippen LogP contribution in [0.1, 0.15) is 33.3 Å². The number of halogens is 2. The minimum Gasteiger partial charge on any atom is -0.442 e. The Morgan fingerprint density at radius 1 is 1.04 bits per heavy atom. The first-order valence-electron chi connectivity index (χ1n) is 7.82. The highest BCUT2D eigenvalue weighted by Crippen LogP contribution is 2.23. The monoisotopic (exact) mass is 355 g/mol. The zero-order valence-corrected chi connectivity index (χ0v) is 14.1. The van der Waals surface area contributed by atoms with Crippen LogP contribution in [0.15, 0.2) is 52.9 Å². The number of oxazole rings is 1. The molecule has 0 aliphatic rings. The number of ether oxygens (including phenoxy) is 1. The fourth-order valence-electron chi connectivity index (χ4n) is 2.26. The molecule has 0 bridgehead atoms. The molecule has 0 atom stereocenters. The molecule has 0 aliphatic carbocycles. The van der Waals surface area contributed by atoms with Gasteiger partial charge in [-0.05, 0) is 44.2 Å². The van der Waals surface area contributed by atoms with Gasteiger partial charge in [-0.25, -0.2) is 18.6 Å². The van der Waals surface area contributed by atoms with Crippen molar-refractivity contribution in [2.45, 2.75) is 13.8 Å². The number of hydrogen-bond acceptors (Lipinski definition) is 4. The summed E-state index contributed by atoms with van der Waals surface area (Å²) in [6.07, 6.45) is 1.39. The van der Waals surface area contributed by atoms with Gasteiger partial charge in [-0.1, -0.05) is 18.2 Å². The molecule has 0 amide bonds. The van der Waals surface area contributed by atoms with Crippen LogP contribution >= 0.6 is 0 Å². The SMILES string of the molecule is Cc1nc(/C=C(/OC(=O)c2cccc(F)c2)c2cccc(F)c2)oc1C. The zero-order valence-electron chi connectivity index (χ0n) is 14.1. The van der Waals surface area contributed by atoms with Gasteiger partial charge in [-0.2, -0.15) is 0 Å². The minimum atomic E-state index is -0.778. The Morgan fingerprint density at radius 3 is 2.23 bits per heavy atom. The number of aromatic nitrogens is 1. The molecule has 0 radical (unpaired) electrons. The maximum atomic E-state index is 13.6. The summed E-state index contributed by atoms with van der Waals surface area (Å²) >= 11 is 0. The Hall–Kier alpha value is -3.28. The van der Waals surface area contributed by atoms with E-state index in [1.807, 2.05) is 0 Å². The standard InChI is InChI=1S/C20H15F2NO3/c1-12-13(2)25-19(23-12)11-18(14-5-3-7-16(21)9-14)26-20(24)15-6-4-8-17(22)10-15/h3-11H,1-2H3/b18-11+. The lowest BCUT2D eigenvalue weighted by Gasteiger charge is -2.09. The Balaban J connectivity index is 1.99. The molecular formula is C20H15F2NO3. The van der Waals surface area contributed by atoms with Crippen molar-refractivity contribution in [3.05, 3.63) is 88.6 Å². The first kappa shape index (κ1) is 17.5. The molecule has 0 saturated carbocycles. The molecule has 0 spiro atoms. The molecule has 0 aliphatic heterocycles. The van der Waals surface area contributed by atoms with Crippen LogP contribution in [0, 0.1) is 25.5 Å². The molecule has 26 heavy (non-hydrogen) atoms. The lowest BCUT2D eigenvalue weighted by Crippen LogP contribution is -2.05. The zero-order chi connectivity index (χ0) is 18.7. The van der Waals surface area contributed by atoms with Crippen molar-refractivity contribution < 1.29 is 22.7 Å². The van der Waals surface area contributed by atoms with Gasteiger partial charge in [-0.3, -0.25) is 0 Å². The summed E-state index contributed by atoms with van der Waals surface area (Å²) in [5.41, 5.74) is 1.04. The summed E-state index contributed by atoms with van der Waals surface area (Å²) in [6.45, 7) is 3.52. The lowest BCUT2D eigenvalue weighted by molar-refractivity contribution is 0.0693. The molecule has 4 nitrogen and oxygen atoms in total. The lowest BCUT2D eigenvalue weighted by atomic mass is 10.1. The van der Waals surface area contributed by atoms with Gasteiger partial charge in [0.2, 0.25) is 5.89 Å². The number of aryl methyl sites for hydroxylation is 2. The predicted octanol–water partition coefficient (Wildman–Crippen LogP) is 4.92. The topological polar surface area (TPSA) is 52.3 Å². The van der Waals surface area contributed by atoms with Crippen LogP contribution < -0.4 is 0 Å². The van der Waals surface area contributed by atoms with E-state index in [4.69, 9.17) is 9.15 Å². The van der Waals surface area contributed by atoms with Gasteiger partial charge < -0.3 is 9.15 Å². The third kappa shape index (κ3) is 4.03. The molecule has 2 aromatic carbocycles. The minimum absolute atomic E-state index is 0.0343. The van der Waals surface area contributed by atoms with E-state index in [0.29, 0.717) is 17.0 Å². The van der Waals surface area contributed by atoms with E-state index >= 15 is 0 Å². The number of hydrogen-bond donors (Lipinski definition) is 0. The fourth-order valence-corrected chi connectivity index (χ4v) is 2.26. The number of nitrogens with zero attached hydrogens (tertiary/aromatic N) is 1. The molecule has 1 aromatic heterocycles. The third-order valence-corrected chi connectivity index (χ3v) is 3.67. The number of rotatable bonds is 4. The number of carbonyl (C=O) groups excluding carboxylic acids is 1. The van der Waals surface area contributed by atoms with Crippen molar-refractivity contribution in [2.75, 3.05) is 0 Å². The summed E-state index contributed by atoms with van der Waals surface area (Å²) < 4.78 is 37.8. The van der Waals surface area contributed by atoms with E-state index in [2.05, 4.69) is 4.98 Å². The van der Waals surface area contributed by atoms with E-state index < -0.39 is 17.6 Å². The Bertz CT molecular complexity index is 973. The second kappa shape index (κ2) is 7.31. The smallest absolute Gasteiger partial charge is 0.343 e. The average molecular weight is 355 g/mol. The molecular weight excluding hydrogens is 340 g/mol. The van der Waals surface area contributed by atoms with E-state index in [9.17, 15) is 13.6 Å². The molecule has 132 valence electrons. The molecule has 0 unspecified atom stereocenters. The van der Waals surface area contributed by atoms with Gasteiger partial charge in [-0.15, -0.1) is 0 Å². The van der Waals surface area contributed by atoms with E-state index in [-0.39, 0.29) is 17.2 Å². The van der Waals surface area contributed by atoms with Gasteiger partial charge in [0.05, 0.1) is 11.3 Å². The molecule has 6 heteroatoms. The second-order valence-electron chi connectivity index (χ2n) is 5.61. The van der Waals surface area contributed by atoms with Crippen molar-refractivity contribution >= 4 is 17.8 Å². The first-order chi connectivity index (χ1) is 12.4. The van der Waals surface area contributed by atoms with Gasteiger partial charge >= 0.3 is 5.97 Å². The molecule has 3 rings (SSSR count). The largest absolute Gasteiger partial charge is 0.442 e. The average Bonchev–Trinajstić information content (AvgIpc) is 2.92. The van der Waals surface area contributed by atoms with Crippen LogP contribution in [-0.2, 0) is 4.74 Å². The van der Waals surface area contributed by atoms with Crippen LogP contribution in [0.5, 0.6) is 0 Å². The summed E-state index contributed by atoms with van der Waals surface area (Å²) in [5, 5.41) is 0. The van der Waals surface area contributed by atoms with Crippen molar-refractivity contribution in [3.63, 3.8) is 0 Å². The maximum absolute atomic E-state index is 13.6. The van der Waals surface area contributed by atoms with Crippen LogP contribution in [-0.4, -0.2) is 11.0 Å². The molecule has 0 N–H and O–H groups in total.